The van der Waals surface area contributed by atoms with Crippen molar-refractivity contribution < 1.29 is 14.3 Å². The van der Waals surface area contributed by atoms with Gasteiger partial charge in [0.15, 0.2) is 0 Å². The zero-order chi connectivity index (χ0) is 20.5. The van der Waals surface area contributed by atoms with Crippen molar-refractivity contribution in [1.82, 2.24) is 4.90 Å². The number of carbonyl (C=O) groups excluding carboxylic acids is 1. The van der Waals surface area contributed by atoms with Gasteiger partial charge in [-0.2, -0.15) is 0 Å². The molecule has 156 valence electrons. The van der Waals surface area contributed by atoms with Crippen LogP contribution >= 0.6 is 0 Å². The number of carbonyl (C=O) groups is 1. The van der Waals surface area contributed by atoms with E-state index < -0.39 is 5.60 Å². The number of fused-ring (bicyclic) bond motifs is 2. The van der Waals surface area contributed by atoms with E-state index in [4.69, 9.17) is 9.47 Å². The van der Waals surface area contributed by atoms with Crippen LogP contribution in [0.5, 0.6) is 5.75 Å². The summed E-state index contributed by atoms with van der Waals surface area (Å²) in [7, 11) is 0. The Morgan fingerprint density at radius 2 is 1.96 bits per heavy atom. The third kappa shape index (κ3) is 4.56. The van der Waals surface area contributed by atoms with Crippen LogP contribution in [0.1, 0.15) is 57.7 Å². The van der Waals surface area contributed by atoms with E-state index in [0.29, 0.717) is 19.0 Å². The Bertz CT molecular complexity index is 724. The standard InChI is InChI=1S/C23H36N2O3/c1-7-16(2)15-25-12-13-27-20-14-18-8-10-24(22(26)28-23(4,5)6)11-9-19(18)17(3)21(20)25/h14,16H,7-13,15H2,1-6H3/t16-/m1/s1. The van der Waals surface area contributed by atoms with Crippen LogP contribution in [-0.4, -0.2) is 49.4 Å². The molecule has 1 aromatic carbocycles. The number of nitrogens with zero attached hydrogens (tertiary/aromatic N) is 2. The Morgan fingerprint density at radius 1 is 1.25 bits per heavy atom. The Labute approximate surface area is 170 Å². The summed E-state index contributed by atoms with van der Waals surface area (Å²) in [6.07, 6.45) is 2.68. The normalized spacial score (nSPS) is 17.9. The minimum absolute atomic E-state index is 0.211. The van der Waals surface area contributed by atoms with Crippen LogP contribution in [0.3, 0.4) is 0 Å². The van der Waals surface area contributed by atoms with E-state index >= 15 is 0 Å². The lowest BCUT2D eigenvalue weighted by molar-refractivity contribution is 0.0258. The number of anilines is 1. The summed E-state index contributed by atoms with van der Waals surface area (Å²) < 4.78 is 11.6. The molecular weight excluding hydrogens is 352 g/mol. The van der Waals surface area contributed by atoms with Gasteiger partial charge in [-0.3, -0.25) is 0 Å². The molecule has 0 radical (unpaired) electrons. The smallest absolute Gasteiger partial charge is 0.410 e. The van der Waals surface area contributed by atoms with Gasteiger partial charge in [0.1, 0.15) is 18.0 Å². The Hall–Kier alpha value is -1.91. The van der Waals surface area contributed by atoms with Gasteiger partial charge in [-0.05, 0) is 69.2 Å². The SMILES string of the molecule is CC[C@@H](C)CN1CCOc2cc3c(c(C)c21)CCN(C(=O)OC(C)(C)C)CC3. The molecule has 5 heteroatoms. The van der Waals surface area contributed by atoms with Crippen molar-refractivity contribution in [1.29, 1.82) is 0 Å². The molecule has 2 heterocycles. The predicted molar refractivity (Wildman–Crippen MR) is 114 cm³/mol. The monoisotopic (exact) mass is 388 g/mol. The van der Waals surface area contributed by atoms with Crippen LogP contribution in [0.15, 0.2) is 6.07 Å². The Morgan fingerprint density at radius 3 is 2.64 bits per heavy atom. The topological polar surface area (TPSA) is 42.0 Å². The predicted octanol–water partition coefficient (Wildman–Crippen LogP) is 4.58. The summed E-state index contributed by atoms with van der Waals surface area (Å²) in [4.78, 5) is 16.9. The largest absolute Gasteiger partial charge is 0.490 e. The molecular formula is C23H36N2O3. The molecule has 0 aromatic heterocycles. The van der Waals surface area contributed by atoms with Gasteiger partial charge >= 0.3 is 6.09 Å². The van der Waals surface area contributed by atoms with Crippen molar-refractivity contribution in [3.8, 4) is 5.75 Å². The second-order valence-corrected chi connectivity index (χ2v) is 9.26. The lowest BCUT2D eigenvalue weighted by Gasteiger charge is -2.35. The van der Waals surface area contributed by atoms with Crippen LogP contribution in [0.4, 0.5) is 10.5 Å². The molecule has 1 atom stereocenters. The summed E-state index contributed by atoms with van der Waals surface area (Å²) in [5.41, 5.74) is 4.81. The Kier molecular flexibility index (Phi) is 6.11. The lowest BCUT2D eigenvalue weighted by atomic mass is 9.94. The fraction of sp³-hybridized carbons (Fsp3) is 0.696. The third-order valence-corrected chi connectivity index (χ3v) is 5.83. The number of amides is 1. The molecule has 0 spiro atoms. The maximum Gasteiger partial charge on any atom is 0.410 e. The Balaban J connectivity index is 1.84. The fourth-order valence-corrected chi connectivity index (χ4v) is 4.14. The summed E-state index contributed by atoms with van der Waals surface area (Å²) in [6.45, 7) is 16.7. The van der Waals surface area contributed by atoms with Crippen molar-refractivity contribution in [2.75, 3.05) is 37.7 Å². The van der Waals surface area contributed by atoms with Crippen molar-refractivity contribution >= 4 is 11.8 Å². The molecule has 28 heavy (non-hydrogen) atoms. The molecule has 0 bridgehead atoms. The summed E-state index contributed by atoms with van der Waals surface area (Å²) in [5, 5.41) is 0. The maximum atomic E-state index is 12.5. The number of ether oxygens (including phenoxy) is 2. The average Bonchev–Trinajstić information content (AvgIpc) is 2.83. The van der Waals surface area contributed by atoms with Gasteiger partial charge in [-0.25, -0.2) is 4.79 Å². The maximum absolute atomic E-state index is 12.5. The number of rotatable bonds is 3. The molecule has 0 N–H and O–H groups in total. The minimum Gasteiger partial charge on any atom is -0.490 e. The summed E-state index contributed by atoms with van der Waals surface area (Å²) in [6, 6.07) is 2.22. The highest BCUT2D eigenvalue weighted by Crippen LogP contribution is 2.40. The number of hydrogen-bond donors (Lipinski definition) is 0. The van der Waals surface area contributed by atoms with Crippen molar-refractivity contribution in [2.45, 2.75) is 66.4 Å². The van der Waals surface area contributed by atoms with Gasteiger partial charge in [0, 0.05) is 19.6 Å². The average molecular weight is 389 g/mol. The first-order valence-corrected chi connectivity index (χ1v) is 10.7. The highest BCUT2D eigenvalue weighted by atomic mass is 16.6. The van der Waals surface area contributed by atoms with E-state index in [9.17, 15) is 4.79 Å². The zero-order valence-corrected chi connectivity index (χ0v) is 18.4. The van der Waals surface area contributed by atoms with Gasteiger partial charge in [-0.15, -0.1) is 0 Å². The molecule has 0 unspecified atom stereocenters. The van der Waals surface area contributed by atoms with Crippen molar-refractivity contribution in [3.63, 3.8) is 0 Å². The molecule has 0 aliphatic carbocycles. The second kappa shape index (κ2) is 8.22. The van der Waals surface area contributed by atoms with E-state index in [0.717, 1.165) is 38.3 Å². The van der Waals surface area contributed by atoms with E-state index in [1.165, 1.54) is 28.8 Å². The van der Waals surface area contributed by atoms with Crippen molar-refractivity contribution in [2.24, 2.45) is 5.92 Å². The molecule has 0 fully saturated rings. The summed E-state index contributed by atoms with van der Waals surface area (Å²) in [5.74, 6) is 1.67. The van der Waals surface area contributed by atoms with Gasteiger partial charge in [0.05, 0.1) is 12.2 Å². The first-order chi connectivity index (χ1) is 13.2. The lowest BCUT2D eigenvalue weighted by Crippen LogP contribution is -2.38. The zero-order valence-electron chi connectivity index (χ0n) is 18.4. The van der Waals surface area contributed by atoms with E-state index in [1.54, 1.807) is 0 Å². The van der Waals surface area contributed by atoms with Crippen LogP contribution in [-0.2, 0) is 17.6 Å². The van der Waals surface area contributed by atoms with Crippen LogP contribution in [0, 0.1) is 12.8 Å². The van der Waals surface area contributed by atoms with Gasteiger partial charge in [0.25, 0.3) is 0 Å². The molecule has 5 nitrogen and oxygen atoms in total. The first-order valence-electron chi connectivity index (χ1n) is 10.7. The third-order valence-electron chi connectivity index (χ3n) is 5.83. The van der Waals surface area contributed by atoms with Gasteiger partial charge in [0.2, 0.25) is 0 Å². The highest BCUT2D eigenvalue weighted by molar-refractivity contribution is 5.71. The fourth-order valence-electron chi connectivity index (χ4n) is 4.14. The van der Waals surface area contributed by atoms with Crippen LogP contribution < -0.4 is 9.64 Å². The minimum atomic E-state index is -0.463. The molecule has 0 saturated heterocycles. The highest BCUT2D eigenvalue weighted by Gasteiger charge is 2.29. The van der Waals surface area contributed by atoms with E-state index in [2.05, 4.69) is 31.7 Å². The molecule has 0 saturated carbocycles. The molecule has 1 amide bonds. The molecule has 2 aliphatic rings. The van der Waals surface area contributed by atoms with Crippen LogP contribution in [0.25, 0.3) is 0 Å². The van der Waals surface area contributed by atoms with Crippen LogP contribution in [0.2, 0.25) is 0 Å². The van der Waals surface area contributed by atoms with E-state index in [-0.39, 0.29) is 6.09 Å². The molecule has 3 rings (SSSR count). The molecule has 2 aliphatic heterocycles. The second-order valence-electron chi connectivity index (χ2n) is 9.26. The number of benzene rings is 1. The first kappa shape index (κ1) is 20.8. The quantitative estimate of drug-likeness (QED) is 0.760. The van der Waals surface area contributed by atoms with E-state index in [1.807, 2.05) is 25.7 Å². The van der Waals surface area contributed by atoms with Gasteiger partial charge < -0.3 is 19.3 Å². The summed E-state index contributed by atoms with van der Waals surface area (Å²) >= 11 is 0. The van der Waals surface area contributed by atoms with Crippen molar-refractivity contribution in [3.05, 3.63) is 22.8 Å². The number of hydrogen-bond acceptors (Lipinski definition) is 4. The van der Waals surface area contributed by atoms with Gasteiger partial charge in [-0.1, -0.05) is 20.3 Å². The molecule has 1 aromatic rings.